The molecule has 0 bridgehead atoms. The Hall–Kier alpha value is -0.420. The Morgan fingerprint density at radius 3 is 3.00 bits per heavy atom. The van der Waals surface area contributed by atoms with Crippen molar-refractivity contribution in [2.24, 2.45) is 0 Å². The van der Waals surface area contributed by atoms with Crippen LogP contribution >= 0.6 is 11.3 Å². The van der Waals surface area contributed by atoms with Gasteiger partial charge in [0.1, 0.15) is 0 Å². The Balaban J connectivity index is 1.95. The van der Waals surface area contributed by atoms with Crippen molar-refractivity contribution >= 4 is 11.3 Å². The summed E-state index contributed by atoms with van der Waals surface area (Å²) in [7, 11) is 4.18. The van der Waals surface area contributed by atoms with Gasteiger partial charge in [0.2, 0.25) is 0 Å². The van der Waals surface area contributed by atoms with Gasteiger partial charge in [0.15, 0.2) is 0 Å². The van der Waals surface area contributed by atoms with E-state index in [1.807, 2.05) is 0 Å². The third kappa shape index (κ3) is 3.04. The van der Waals surface area contributed by atoms with Crippen molar-refractivity contribution in [3.63, 3.8) is 0 Å². The fourth-order valence-electron chi connectivity index (χ4n) is 2.37. The van der Waals surface area contributed by atoms with E-state index in [1.54, 1.807) is 11.3 Å². The van der Waals surface area contributed by atoms with Crippen molar-refractivity contribution in [2.75, 3.05) is 27.2 Å². The van der Waals surface area contributed by atoms with E-state index in [9.17, 15) is 5.11 Å². The topological polar surface area (TPSA) is 26.7 Å². The average Bonchev–Trinajstić information content (AvgIpc) is 2.77. The fourth-order valence-corrected chi connectivity index (χ4v) is 3.09. The van der Waals surface area contributed by atoms with Crippen molar-refractivity contribution in [3.05, 3.63) is 22.4 Å². The van der Waals surface area contributed by atoms with E-state index in [-0.39, 0.29) is 6.10 Å². The second kappa shape index (κ2) is 5.27. The van der Waals surface area contributed by atoms with Crippen LogP contribution < -0.4 is 0 Å². The van der Waals surface area contributed by atoms with Gasteiger partial charge in [-0.2, -0.15) is 0 Å². The van der Waals surface area contributed by atoms with Gasteiger partial charge in [0.25, 0.3) is 0 Å². The molecule has 1 aliphatic rings. The van der Waals surface area contributed by atoms with E-state index in [4.69, 9.17) is 0 Å². The monoisotopic (exact) mass is 240 g/mol. The van der Waals surface area contributed by atoms with Crippen LogP contribution in [-0.2, 0) is 6.54 Å². The average molecular weight is 240 g/mol. The van der Waals surface area contributed by atoms with Crippen molar-refractivity contribution in [3.8, 4) is 0 Å². The predicted octanol–water partition coefficient (Wildman–Crippen LogP) is 1.24. The fraction of sp³-hybridized carbons (Fsp3) is 0.667. The van der Waals surface area contributed by atoms with Crippen LogP contribution in [0.3, 0.4) is 0 Å². The van der Waals surface area contributed by atoms with Crippen molar-refractivity contribution in [1.29, 1.82) is 0 Å². The summed E-state index contributed by atoms with van der Waals surface area (Å²) in [4.78, 5) is 5.98. The lowest BCUT2D eigenvalue weighted by Crippen LogP contribution is -2.36. The second-order valence-electron chi connectivity index (χ2n) is 4.81. The summed E-state index contributed by atoms with van der Waals surface area (Å²) in [5.41, 5.74) is 0. The molecule has 1 aromatic heterocycles. The van der Waals surface area contributed by atoms with E-state index < -0.39 is 0 Å². The lowest BCUT2D eigenvalue weighted by atomic mass is 10.2. The smallest absolute Gasteiger partial charge is 0.0682 e. The molecule has 2 rings (SSSR count). The van der Waals surface area contributed by atoms with Crippen LogP contribution in [0.15, 0.2) is 17.5 Å². The van der Waals surface area contributed by atoms with Crippen molar-refractivity contribution in [2.45, 2.75) is 25.1 Å². The number of likely N-dealkylation sites (N-methyl/N-ethyl adjacent to an activating group) is 1. The van der Waals surface area contributed by atoms with Crippen LogP contribution in [0.25, 0.3) is 0 Å². The lowest BCUT2D eigenvalue weighted by Gasteiger charge is -2.26. The number of nitrogens with zero attached hydrogens (tertiary/aromatic N) is 2. The first-order valence-corrected chi connectivity index (χ1v) is 6.62. The van der Waals surface area contributed by atoms with Crippen LogP contribution in [0, 0.1) is 0 Å². The summed E-state index contributed by atoms with van der Waals surface area (Å²) in [5.74, 6) is 0. The zero-order valence-corrected chi connectivity index (χ0v) is 10.8. The molecule has 1 aliphatic heterocycles. The van der Waals surface area contributed by atoms with Crippen molar-refractivity contribution in [1.82, 2.24) is 9.80 Å². The van der Waals surface area contributed by atoms with Crippen LogP contribution in [-0.4, -0.2) is 54.2 Å². The first kappa shape index (κ1) is 12.0. The molecular weight excluding hydrogens is 220 g/mol. The Morgan fingerprint density at radius 1 is 1.56 bits per heavy atom. The van der Waals surface area contributed by atoms with Crippen LogP contribution in [0.5, 0.6) is 0 Å². The first-order chi connectivity index (χ1) is 7.65. The molecule has 1 saturated heterocycles. The van der Waals surface area contributed by atoms with Gasteiger partial charge in [-0.25, -0.2) is 0 Å². The molecular formula is C12H20N2OS. The second-order valence-corrected chi connectivity index (χ2v) is 5.85. The van der Waals surface area contributed by atoms with Gasteiger partial charge in [0.05, 0.1) is 6.10 Å². The largest absolute Gasteiger partial charge is 0.392 e. The summed E-state index contributed by atoms with van der Waals surface area (Å²) in [5, 5.41) is 11.9. The molecule has 1 aromatic rings. The maximum atomic E-state index is 9.75. The standard InChI is InChI=1S/C12H20N2OS/c1-13(2)7-10-6-11(15)8-14(10)9-12-4-3-5-16-12/h3-5,10-11,15H,6-9H2,1-2H3. The summed E-state index contributed by atoms with van der Waals surface area (Å²) in [6, 6.07) is 4.75. The minimum Gasteiger partial charge on any atom is -0.392 e. The van der Waals surface area contributed by atoms with Crippen LogP contribution in [0.2, 0.25) is 0 Å². The van der Waals surface area contributed by atoms with Gasteiger partial charge < -0.3 is 10.0 Å². The Morgan fingerprint density at radius 2 is 2.38 bits per heavy atom. The number of β-amino-alcohol motifs (C(OH)–C–C–N with tert-alkyl or cyclic N) is 1. The molecule has 0 spiro atoms. The number of aliphatic hydroxyl groups is 1. The van der Waals surface area contributed by atoms with Crippen LogP contribution in [0.1, 0.15) is 11.3 Å². The SMILES string of the molecule is CN(C)CC1CC(O)CN1Cc1cccs1. The molecule has 4 heteroatoms. The molecule has 1 N–H and O–H groups in total. The first-order valence-electron chi connectivity index (χ1n) is 5.74. The van der Waals surface area contributed by atoms with E-state index in [0.29, 0.717) is 6.04 Å². The van der Waals surface area contributed by atoms with Crippen molar-refractivity contribution < 1.29 is 5.11 Å². The van der Waals surface area contributed by atoms with Gasteiger partial charge in [-0.05, 0) is 32.0 Å². The zero-order valence-electron chi connectivity index (χ0n) is 9.97. The number of likely N-dealkylation sites (tertiary alicyclic amines) is 1. The quantitative estimate of drug-likeness (QED) is 0.858. The normalized spacial score (nSPS) is 26.8. The Kier molecular flexibility index (Phi) is 3.97. The maximum absolute atomic E-state index is 9.75. The van der Waals surface area contributed by atoms with Gasteiger partial charge in [-0.1, -0.05) is 6.07 Å². The third-order valence-corrected chi connectivity index (χ3v) is 3.88. The Bertz CT molecular complexity index is 313. The highest BCUT2D eigenvalue weighted by Gasteiger charge is 2.30. The molecule has 0 amide bonds. The summed E-state index contributed by atoms with van der Waals surface area (Å²) in [6.07, 6.45) is 0.758. The van der Waals surface area contributed by atoms with E-state index >= 15 is 0 Å². The molecule has 0 saturated carbocycles. The van der Waals surface area contributed by atoms with Gasteiger partial charge in [-0.15, -0.1) is 11.3 Å². The number of rotatable bonds is 4. The highest BCUT2D eigenvalue weighted by Crippen LogP contribution is 2.22. The van der Waals surface area contributed by atoms with E-state index in [1.165, 1.54) is 4.88 Å². The highest BCUT2D eigenvalue weighted by atomic mass is 32.1. The minimum absolute atomic E-state index is 0.148. The Labute approximate surface area is 101 Å². The minimum atomic E-state index is -0.148. The molecule has 3 nitrogen and oxygen atoms in total. The number of hydrogen-bond donors (Lipinski definition) is 1. The lowest BCUT2D eigenvalue weighted by molar-refractivity contribution is 0.170. The number of hydrogen-bond acceptors (Lipinski definition) is 4. The number of aliphatic hydroxyl groups excluding tert-OH is 1. The van der Waals surface area contributed by atoms with Gasteiger partial charge >= 0.3 is 0 Å². The van der Waals surface area contributed by atoms with E-state index in [2.05, 4.69) is 41.4 Å². The molecule has 0 radical (unpaired) electrons. The molecule has 0 aromatic carbocycles. The molecule has 16 heavy (non-hydrogen) atoms. The highest BCUT2D eigenvalue weighted by molar-refractivity contribution is 7.09. The molecule has 2 unspecified atom stereocenters. The summed E-state index contributed by atoms with van der Waals surface area (Å²) in [6.45, 7) is 2.83. The van der Waals surface area contributed by atoms with Crippen LogP contribution in [0.4, 0.5) is 0 Å². The van der Waals surface area contributed by atoms with Gasteiger partial charge in [0, 0.05) is 30.6 Å². The molecule has 0 aliphatic carbocycles. The van der Waals surface area contributed by atoms with Gasteiger partial charge in [-0.3, -0.25) is 4.90 Å². The summed E-state index contributed by atoms with van der Waals surface area (Å²) < 4.78 is 0. The number of thiophene rings is 1. The molecule has 90 valence electrons. The maximum Gasteiger partial charge on any atom is 0.0682 e. The molecule has 2 atom stereocenters. The summed E-state index contributed by atoms with van der Waals surface area (Å²) >= 11 is 1.80. The zero-order chi connectivity index (χ0) is 11.5. The molecule has 2 heterocycles. The molecule has 1 fully saturated rings. The van der Waals surface area contributed by atoms with E-state index in [0.717, 1.165) is 26.1 Å². The predicted molar refractivity (Wildman–Crippen MR) is 67.7 cm³/mol. The third-order valence-electron chi connectivity index (χ3n) is 3.02.